The Bertz CT molecular complexity index is 299. The van der Waals surface area contributed by atoms with Crippen LogP contribution in [0.3, 0.4) is 0 Å². The van der Waals surface area contributed by atoms with Gasteiger partial charge in [0, 0.05) is 5.92 Å². The summed E-state index contributed by atoms with van der Waals surface area (Å²) in [6.07, 6.45) is 7.30. The molecular weight excluding hydrogens is 156 g/mol. The lowest BCUT2D eigenvalue weighted by Crippen LogP contribution is -1.95. The maximum Gasteiger partial charge on any atom is 0.00180 e. The van der Waals surface area contributed by atoms with Crippen LogP contribution < -0.4 is 0 Å². The molecule has 0 saturated heterocycles. The topological polar surface area (TPSA) is 0 Å². The first-order chi connectivity index (χ1) is 6.42. The first-order valence-corrected chi connectivity index (χ1v) is 5.12. The summed E-state index contributed by atoms with van der Waals surface area (Å²) in [6, 6.07) is 8.80. The van der Waals surface area contributed by atoms with Crippen LogP contribution in [0.2, 0.25) is 0 Å². The SMILES string of the molecule is C=C[C@H]1CCCCc2ccccc21. The smallest absolute Gasteiger partial charge is 0.00180 e. The second kappa shape index (κ2) is 3.78. The zero-order valence-electron chi connectivity index (χ0n) is 8.00. The predicted octanol–water partition coefficient (Wildman–Crippen LogP) is 3.68. The van der Waals surface area contributed by atoms with Gasteiger partial charge in [0.15, 0.2) is 0 Å². The second-order valence-corrected chi connectivity index (χ2v) is 3.79. The molecular formula is C13H16. The molecule has 0 aliphatic heterocycles. The summed E-state index contributed by atoms with van der Waals surface area (Å²) in [4.78, 5) is 0. The molecule has 0 saturated carbocycles. The molecule has 0 heterocycles. The van der Waals surface area contributed by atoms with E-state index in [1.54, 1.807) is 0 Å². The molecule has 0 unspecified atom stereocenters. The third-order valence-corrected chi connectivity index (χ3v) is 2.95. The van der Waals surface area contributed by atoms with Gasteiger partial charge in [-0.25, -0.2) is 0 Å². The molecule has 0 aromatic heterocycles. The predicted molar refractivity (Wildman–Crippen MR) is 56.9 cm³/mol. The van der Waals surface area contributed by atoms with Gasteiger partial charge in [0.05, 0.1) is 0 Å². The van der Waals surface area contributed by atoms with Crippen molar-refractivity contribution in [2.75, 3.05) is 0 Å². The molecule has 0 amide bonds. The van der Waals surface area contributed by atoms with E-state index in [0.29, 0.717) is 5.92 Å². The lowest BCUT2D eigenvalue weighted by Gasteiger charge is -2.12. The largest absolute Gasteiger partial charge is 0.102 e. The molecule has 68 valence electrons. The molecule has 0 N–H and O–H groups in total. The van der Waals surface area contributed by atoms with Crippen LogP contribution in [0, 0.1) is 0 Å². The van der Waals surface area contributed by atoms with Gasteiger partial charge in [-0.15, -0.1) is 6.58 Å². The summed E-state index contributed by atoms with van der Waals surface area (Å²) >= 11 is 0. The van der Waals surface area contributed by atoms with Crippen LogP contribution in [0.15, 0.2) is 36.9 Å². The monoisotopic (exact) mass is 172 g/mol. The van der Waals surface area contributed by atoms with E-state index in [9.17, 15) is 0 Å². The number of hydrogen-bond acceptors (Lipinski definition) is 0. The van der Waals surface area contributed by atoms with Gasteiger partial charge in [0.25, 0.3) is 0 Å². The van der Waals surface area contributed by atoms with E-state index in [2.05, 4.69) is 36.9 Å². The van der Waals surface area contributed by atoms with E-state index in [-0.39, 0.29) is 0 Å². The van der Waals surface area contributed by atoms with Gasteiger partial charge in [0.2, 0.25) is 0 Å². The van der Waals surface area contributed by atoms with Crippen molar-refractivity contribution in [2.24, 2.45) is 0 Å². The highest BCUT2D eigenvalue weighted by molar-refractivity contribution is 5.33. The third kappa shape index (κ3) is 1.67. The maximum atomic E-state index is 3.92. The number of fused-ring (bicyclic) bond motifs is 1. The standard InChI is InChI=1S/C13H16/c1-2-11-7-3-4-8-12-9-5-6-10-13(11)12/h2,5-6,9-11H,1,3-4,7-8H2/t11-/m0/s1. The molecule has 1 aromatic rings. The lowest BCUT2D eigenvalue weighted by molar-refractivity contribution is 0.671. The van der Waals surface area contributed by atoms with Crippen LogP contribution >= 0.6 is 0 Å². The molecule has 1 aliphatic rings. The van der Waals surface area contributed by atoms with Crippen molar-refractivity contribution in [1.29, 1.82) is 0 Å². The summed E-state index contributed by atoms with van der Waals surface area (Å²) in [5.74, 6) is 0.596. The molecule has 0 nitrogen and oxygen atoms in total. The molecule has 0 spiro atoms. The highest BCUT2D eigenvalue weighted by atomic mass is 14.2. The van der Waals surface area contributed by atoms with E-state index in [4.69, 9.17) is 0 Å². The molecule has 1 aliphatic carbocycles. The van der Waals surface area contributed by atoms with E-state index >= 15 is 0 Å². The second-order valence-electron chi connectivity index (χ2n) is 3.79. The van der Waals surface area contributed by atoms with Gasteiger partial charge in [-0.1, -0.05) is 36.8 Å². The highest BCUT2D eigenvalue weighted by Crippen LogP contribution is 2.30. The van der Waals surface area contributed by atoms with Gasteiger partial charge in [-0.2, -0.15) is 0 Å². The number of hydrogen-bond donors (Lipinski definition) is 0. The third-order valence-electron chi connectivity index (χ3n) is 2.95. The first kappa shape index (κ1) is 8.55. The summed E-state index contributed by atoms with van der Waals surface area (Å²) in [5, 5.41) is 0. The van der Waals surface area contributed by atoms with Gasteiger partial charge < -0.3 is 0 Å². The average Bonchev–Trinajstić information content (AvgIpc) is 2.39. The number of rotatable bonds is 1. The van der Waals surface area contributed by atoms with E-state index in [1.807, 2.05) is 0 Å². The Morgan fingerprint density at radius 3 is 2.92 bits per heavy atom. The van der Waals surface area contributed by atoms with Crippen LogP contribution in [0.5, 0.6) is 0 Å². The molecule has 0 fully saturated rings. The zero-order valence-corrected chi connectivity index (χ0v) is 8.00. The Morgan fingerprint density at radius 1 is 1.23 bits per heavy atom. The molecule has 1 atom stereocenters. The Kier molecular flexibility index (Phi) is 2.49. The molecule has 2 rings (SSSR count). The van der Waals surface area contributed by atoms with Crippen LogP contribution in [-0.2, 0) is 6.42 Å². The average molecular weight is 172 g/mol. The van der Waals surface area contributed by atoms with Crippen molar-refractivity contribution >= 4 is 0 Å². The van der Waals surface area contributed by atoms with Crippen molar-refractivity contribution in [3.8, 4) is 0 Å². The van der Waals surface area contributed by atoms with Crippen LogP contribution in [0.1, 0.15) is 36.3 Å². The van der Waals surface area contributed by atoms with E-state index < -0.39 is 0 Å². The summed E-state index contributed by atoms with van der Waals surface area (Å²) in [6.45, 7) is 3.92. The van der Waals surface area contributed by atoms with Gasteiger partial charge in [0.1, 0.15) is 0 Å². The molecule has 0 heteroatoms. The van der Waals surface area contributed by atoms with E-state index in [1.165, 1.54) is 36.8 Å². The number of aryl methyl sites for hydroxylation is 1. The molecule has 0 radical (unpaired) electrons. The number of allylic oxidation sites excluding steroid dienone is 1. The van der Waals surface area contributed by atoms with Gasteiger partial charge in [-0.05, 0) is 30.4 Å². The Labute approximate surface area is 80.3 Å². The summed E-state index contributed by atoms with van der Waals surface area (Å²) in [7, 11) is 0. The summed E-state index contributed by atoms with van der Waals surface area (Å²) < 4.78 is 0. The van der Waals surface area contributed by atoms with Crippen molar-refractivity contribution in [3.63, 3.8) is 0 Å². The molecule has 13 heavy (non-hydrogen) atoms. The zero-order chi connectivity index (χ0) is 9.10. The Hall–Kier alpha value is -1.04. The number of benzene rings is 1. The highest BCUT2D eigenvalue weighted by Gasteiger charge is 2.14. The van der Waals surface area contributed by atoms with Crippen LogP contribution in [0.25, 0.3) is 0 Å². The fourth-order valence-corrected chi connectivity index (χ4v) is 2.20. The van der Waals surface area contributed by atoms with Crippen molar-refractivity contribution in [3.05, 3.63) is 48.0 Å². The van der Waals surface area contributed by atoms with Crippen LogP contribution in [0.4, 0.5) is 0 Å². The van der Waals surface area contributed by atoms with Gasteiger partial charge >= 0.3 is 0 Å². The Balaban J connectivity index is 2.41. The van der Waals surface area contributed by atoms with Crippen molar-refractivity contribution in [2.45, 2.75) is 31.6 Å². The van der Waals surface area contributed by atoms with Gasteiger partial charge in [-0.3, -0.25) is 0 Å². The van der Waals surface area contributed by atoms with Crippen molar-refractivity contribution in [1.82, 2.24) is 0 Å². The molecule has 0 bridgehead atoms. The van der Waals surface area contributed by atoms with E-state index in [0.717, 1.165) is 0 Å². The van der Waals surface area contributed by atoms with Crippen LogP contribution in [-0.4, -0.2) is 0 Å². The first-order valence-electron chi connectivity index (χ1n) is 5.12. The quantitative estimate of drug-likeness (QED) is 0.448. The Morgan fingerprint density at radius 2 is 2.08 bits per heavy atom. The van der Waals surface area contributed by atoms with Crippen molar-refractivity contribution < 1.29 is 0 Å². The minimum atomic E-state index is 0.596. The summed E-state index contributed by atoms with van der Waals surface area (Å²) in [5.41, 5.74) is 3.04. The maximum absolute atomic E-state index is 3.92. The molecule has 1 aromatic carbocycles. The fourth-order valence-electron chi connectivity index (χ4n) is 2.20. The fraction of sp³-hybridized carbons (Fsp3) is 0.385. The normalized spacial score (nSPS) is 21.7. The minimum absolute atomic E-state index is 0.596. The minimum Gasteiger partial charge on any atom is -0.102 e. The lowest BCUT2D eigenvalue weighted by atomic mass is 9.93.